The first kappa shape index (κ1) is 12.4. The van der Waals surface area contributed by atoms with Crippen molar-refractivity contribution in [2.75, 3.05) is 0 Å². The van der Waals surface area contributed by atoms with E-state index in [2.05, 4.69) is 41.5 Å². The van der Waals surface area contributed by atoms with Crippen molar-refractivity contribution in [1.82, 2.24) is 5.32 Å². The van der Waals surface area contributed by atoms with Crippen LogP contribution in [0.3, 0.4) is 0 Å². The summed E-state index contributed by atoms with van der Waals surface area (Å²) in [6.07, 6.45) is 5.24. The molecule has 1 aliphatic carbocycles. The van der Waals surface area contributed by atoms with Gasteiger partial charge in [-0.05, 0) is 24.8 Å². The van der Waals surface area contributed by atoms with Gasteiger partial charge in [-0.3, -0.25) is 9.79 Å². The van der Waals surface area contributed by atoms with Crippen molar-refractivity contribution in [1.29, 1.82) is 0 Å². The van der Waals surface area contributed by atoms with Crippen molar-refractivity contribution in [2.24, 2.45) is 4.99 Å². The number of amidine groups is 1. The average Bonchev–Trinajstić information content (AvgIpc) is 2.72. The highest BCUT2D eigenvalue weighted by Gasteiger charge is 2.46. The maximum atomic E-state index is 12.0. The van der Waals surface area contributed by atoms with E-state index < -0.39 is 0 Å². The summed E-state index contributed by atoms with van der Waals surface area (Å²) < 4.78 is 0. The molecule has 1 aliphatic heterocycles. The third-order valence-corrected chi connectivity index (χ3v) is 4.38. The van der Waals surface area contributed by atoms with Gasteiger partial charge in [0, 0.05) is 0 Å². The molecule has 1 atom stereocenters. The van der Waals surface area contributed by atoms with Crippen LogP contribution in [-0.2, 0) is 10.2 Å². The van der Waals surface area contributed by atoms with E-state index in [-0.39, 0.29) is 17.4 Å². The highest BCUT2D eigenvalue weighted by atomic mass is 16.2. The monoisotopic (exact) mass is 256 g/mol. The van der Waals surface area contributed by atoms with Gasteiger partial charge in [0.1, 0.15) is 11.9 Å². The first-order valence-corrected chi connectivity index (χ1v) is 7.21. The Hall–Kier alpha value is -1.64. The summed E-state index contributed by atoms with van der Waals surface area (Å²) in [6.45, 7) is 2.09. The molecule has 3 nitrogen and oxygen atoms in total. The summed E-state index contributed by atoms with van der Waals surface area (Å²) in [7, 11) is 0. The van der Waals surface area contributed by atoms with Crippen molar-refractivity contribution >= 4 is 11.7 Å². The van der Waals surface area contributed by atoms with Crippen molar-refractivity contribution < 1.29 is 4.79 Å². The molecule has 1 N–H and O–H groups in total. The van der Waals surface area contributed by atoms with E-state index in [4.69, 9.17) is 0 Å². The zero-order chi connectivity index (χ0) is 13.3. The third-order valence-electron chi connectivity index (χ3n) is 4.38. The quantitative estimate of drug-likeness (QED) is 0.884. The molecule has 1 heterocycles. The summed E-state index contributed by atoms with van der Waals surface area (Å²) >= 11 is 0. The Bertz CT molecular complexity index is 503. The molecule has 100 valence electrons. The van der Waals surface area contributed by atoms with Crippen molar-refractivity contribution in [2.45, 2.75) is 50.5 Å². The maximum absolute atomic E-state index is 12.0. The number of amides is 1. The second-order valence-corrected chi connectivity index (χ2v) is 5.57. The summed E-state index contributed by atoms with van der Waals surface area (Å²) in [4.78, 5) is 16.7. The number of benzene rings is 1. The number of rotatable bonds is 4. The van der Waals surface area contributed by atoms with Gasteiger partial charge in [-0.2, -0.15) is 0 Å². The van der Waals surface area contributed by atoms with Gasteiger partial charge < -0.3 is 5.32 Å². The molecule has 0 radical (unpaired) electrons. The smallest absolute Gasteiger partial charge is 0.250 e. The summed E-state index contributed by atoms with van der Waals surface area (Å²) in [6, 6.07) is 10.3. The number of nitrogens with zero attached hydrogens (tertiary/aromatic N) is 1. The van der Waals surface area contributed by atoms with Crippen LogP contribution in [0.25, 0.3) is 0 Å². The Kier molecular flexibility index (Phi) is 3.13. The van der Waals surface area contributed by atoms with E-state index in [1.54, 1.807) is 0 Å². The largest absolute Gasteiger partial charge is 0.312 e. The molecular formula is C16H20N2O. The van der Waals surface area contributed by atoms with Gasteiger partial charge in [-0.15, -0.1) is 0 Å². The first-order valence-electron chi connectivity index (χ1n) is 7.21. The molecule has 1 unspecified atom stereocenters. The summed E-state index contributed by atoms with van der Waals surface area (Å²) in [5, 5.41) is 3.04. The molecule has 1 saturated carbocycles. The molecule has 1 aromatic carbocycles. The van der Waals surface area contributed by atoms with E-state index in [1.165, 1.54) is 12.0 Å². The zero-order valence-corrected chi connectivity index (χ0v) is 11.4. The average molecular weight is 256 g/mol. The van der Waals surface area contributed by atoms with Crippen LogP contribution in [0.2, 0.25) is 0 Å². The lowest BCUT2D eigenvalue weighted by molar-refractivity contribution is -0.120. The minimum atomic E-state index is -0.166. The molecule has 1 amide bonds. The summed E-state index contributed by atoms with van der Waals surface area (Å²) in [5.74, 6) is 0.993. The zero-order valence-electron chi connectivity index (χ0n) is 11.4. The van der Waals surface area contributed by atoms with E-state index in [9.17, 15) is 4.79 Å². The van der Waals surface area contributed by atoms with Gasteiger partial charge in [0.15, 0.2) is 0 Å². The van der Waals surface area contributed by atoms with Crippen molar-refractivity contribution in [3.63, 3.8) is 0 Å². The molecule has 0 aromatic heterocycles. The van der Waals surface area contributed by atoms with Gasteiger partial charge in [0.2, 0.25) is 5.91 Å². The second kappa shape index (κ2) is 4.80. The van der Waals surface area contributed by atoms with Gasteiger partial charge >= 0.3 is 0 Å². The highest BCUT2D eigenvalue weighted by molar-refractivity contribution is 6.10. The maximum Gasteiger partial charge on any atom is 0.250 e. The second-order valence-electron chi connectivity index (χ2n) is 5.57. The number of nitrogens with one attached hydrogen (secondary N) is 1. The molecule has 1 aromatic rings. The number of hydrogen-bond acceptors (Lipinski definition) is 2. The van der Waals surface area contributed by atoms with E-state index in [0.717, 1.165) is 31.5 Å². The predicted octanol–water partition coefficient (Wildman–Crippen LogP) is 2.81. The topological polar surface area (TPSA) is 41.5 Å². The highest BCUT2D eigenvalue weighted by Crippen LogP contribution is 2.45. The number of carbonyl (C=O) groups is 1. The summed E-state index contributed by atoms with van der Waals surface area (Å²) in [5.41, 5.74) is 1.26. The fraction of sp³-hybridized carbons (Fsp3) is 0.500. The van der Waals surface area contributed by atoms with Crippen LogP contribution >= 0.6 is 0 Å². The lowest BCUT2D eigenvalue weighted by Gasteiger charge is -2.42. The molecule has 3 rings (SSSR count). The first-order chi connectivity index (χ1) is 9.26. The van der Waals surface area contributed by atoms with Gasteiger partial charge in [0.05, 0.1) is 5.41 Å². The Morgan fingerprint density at radius 3 is 2.63 bits per heavy atom. The number of carbonyl (C=O) groups excluding carboxylic acids is 1. The minimum Gasteiger partial charge on any atom is -0.312 e. The fourth-order valence-corrected chi connectivity index (χ4v) is 3.11. The molecule has 1 fully saturated rings. The van der Waals surface area contributed by atoms with Crippen LogP contribution in [0.15, 0.2) is 35.3 Å². The van der Waals surface area contributed by atoms with E-state index in [1.807, 2.05) is 6.07 Å². The van der Waals surface area contributed by atoms with E-state index in [0.29, 0.717) is 0 Å². The van der Waals surface area contributed by atoms with Gasteiger partial charge in [0.25, 0.3) is 0 Å². The predicted molar refractivity (Wildman–Crippen MR) is 76.2 cm³/mol. The van der Waals surface area contributed by atoms with E-state index >= 15 is 0 Å². The molecule has 0 saturated heterocycles. The normalized spacial score (nSPS) is 24.6. The lowest BCUT2D eigenvalue weighted by Crippen LogP contribution is -2.48. The molecular weight excluding hydrogens is 236 g/mol. The molecule has 2 aliphatic rings. The van der Waals surface area contributed by atoms with Crippen LogP contribution in [0.1, 0.15) is 44.6 Å². The Balaban J connectivity index is 1.92. The van der Waals surface area contributed by atoms with Crippen molar-refractivity contribution in [3.05, 3.63) is 35.9 Å². The molecule has 19 heavy (non-hydrogen) atoms. The van der Waals surface area contributed by atoms with Crippen molar-refractivity contribution in [3.8, 4) is 0 Å². The lowest BCUT2D eigenvalue weighted by atomic mass is 9.63. The Morgan fingerprint density at radius 2 is 2.05 bits per heavy atom. The molecule has 0 bridgehead atoms. The Morgan fingerprint density at radius 1 is 1.32 bits per heavy atom. The fourth-order valence-electron chi connectivity index (χ4n) is 3.11. The van der Waals surface area contributed by atoms with Crippen LogP contribution in [0, 0.1) is 0 Å². The van der Waals surface area contributed by atoms with Crippen LogP contribution < -0.4 is 5.32 Å². The van der Waals surface area contributed by atoms with Crippen LogP contribution in [0.5, 0.6) is 0 Å². The van der Waals surface area contributed by atoms with Crippen LogP contribution in [-0.4, -0.2) is 17.8 Å². The minimum absolute atomic E-state index is 0.0284. The number of hydrogen-bond donors (Lipinski definition) is 1. The Labute approximate surface area is 114 Å². The van der Waals surface area contributed by atoms with Gasteiger partial charge in [-0.25, -0.2) is 0 Å². The number of aliphatic imine (C=N–C) groups is 1. The van der Waals surface area contributed by atoms with Gasteiger partial charge in [-0.1, -0.05) is 50.1 Å². The standard InChI is InChI=1S/C16H20N2O/c1-2-7-13-14(19)18-15(17-13)16(10-6-11-16)12-8-4-3-5-9-12/h3-5,8-9,13H,2,6-7,10-11H2,1H3,(H,17,18,19). The SMILES string of the molecule is CCCC1N=C(C2(c3ccccc3)CCC2)NC1=O. The van der Waals surface area contributed by atoms with Crippen LogP contribution in [0.4, 0.5) is 0 Å². The third kappa shape index (κ3) is 1.97. The molecule has 0 spiro atoms. The molecule has 3 heteroatoms.